The van der Waals surface area contributed by atoms with Crippen molar-refractivity contribution in [3.05, 3.63) is 47.9 Å². The number of benzene rings is 1. The fourth-order valence-corrected chi connectivity index (χ4v) is 5.79. The summed E-state index contributed by atoms with van der Waals surface area (Å²) < 4.78 is 39.3. The highest BCUT2D eigenvalue weighted by Crippen LogP contribution is 2.38. The second kappa shape index (κ2) is 9.23. The molecule has 13 heteroatoms. The van der Waals surface area contributed by atoms with Crippen LogP contribution in [0.25, 0.3) is 0 Å². The van der Waals surface area contributed by atoms with Crippen molar-refractivity contribution in [3.8, 4) is 5.75 Å². The topological polar surface area (TPSA) is 135 Å². The lowest BCUT2D eigenvalue weighted by molar-refractivity contribution is -0.121. The van der Waals surface area contributed by atoms with Crippen molar-refractivity contribution in [1.29, 1.82) is 0 Å². The van der Waals surface area contributed by atoms with E-state index in [1.54, 1.807) is 31.5 Å². The quantitative estimate of drug-likeness (QED) is 0.486. The highest BCUT2D eigenvalue weighted by atomic mass is 32.2. The highest BCUT2D eigenvalue weighted by molar-refractivity contribution is 7.89. The van der Waals surface area contributed by atoms with E-state index in [0.29, 0.717) is 67.3 Å². The molecule has 35 heavy (non-hydrogen) atoms. The summed E-state index contributed by atoms with van der Waals surface area (Å²) >= 11 is 0. The molecule has 0 aliphatic carbocycles. The Hall–Kier alpha value is -3.58. The highest BCUT2D eigenvalue weighted by Gasteiger charge is 2.34. The molecule has 4 heterocycles. The second-order valence-electron chi connectivity index (χ2n) is 8.25. The van der Waals surface area contributed by atoms with Gasteiger partial charge in [0.1, 0.15) is 5.75 Å². The van der Waals surface area contributed by atoms with Crippen molar-refractivity contribution in [3.63, 3.8) is 0 Å². The van der Waals surface area contributed by atoms with E-state index in [4.69, 9.17) is 9.26 Å². The molecule has 1 aromatic carbocycles. The van der Waals surface area contributed by atoms with Gasteiger partial charge in [0, 0.05) is 51.1 Å². The van der Waals surface area contributed by atoms with Crippen LogP contribution in [0.4, 0.5) is 11.6 Å². The number of nitrogens with zero attached hydrogens (tertiary/aromatic N) is 7. The van der Waals surface area contributed by atoms with E-state index in [1.807, 2.05) is 11.8 Å². The van der Waals surface area contributed by atoms with Gasteiger partial charge >= 0.3 is 0 Å². The summed E-state index contributed by atoms with van der Waals surface area (Å²) in [7, 11) is -3.78. The third-order valence-corrected chi connectivity index (χ3v) is 8.04. The molecule has 184 valence electrons. The molecule has 0 radical (unpaired) electrons. The maximum Gasteiger partial charge on any atom is 0.265 e. The molecule has 1 amide bonds. The van der Waals surface area contributed by atoms with E-state index in [0.717, 1.165) is 0 Å². The molecular weight excluding hydrogens is 474 g/mol. The Kier molecular flexibility index (Phi) is 6.11. The van der Waals surface area contributed by atoms with Crippen LogP contribution in [0.15, 0.2) is 40.0 Å². The summed E-state index contributed by atoms with van der Waals surface area (Å²) in [5.74, 6) is 1.49. The van der Waals surface area contributed by atoms with Gasteiger partial charge in [-0.2, -0.15) is 9.29 Å². The Labute approximate surface area is 202 Å². The molecule has 2 aliphatic rings. The Morgan fingerprint density at radius 3 is 2.51 bits per heavy atom. The fourth-order valence-electron chi connectivity index (χ4n) is 4.15. The normalized spacial score (nSPS) is 16.8. The maximum absolute atomic E-state index is 13.5. The van der Waals surface area contributed by atoms with Crippen molar-refractivity contribution in [2.24, 2.45) is 0 Å². The average molecular weight is 500 g/mol. The minimum absolute atomic E-state index is 0.105. The van der Waals surface area contributed by atoms with Crippen LogP contribution in [0.5, 0.6) is 5.75 Å². The van der Waals surface area contributed by atoms with Gasteiger partial charge in [-0.1, -0.05) is 12.1 Å². The number of piperazine rings is 1. The van der Waals surface area contributed by atoms with Crippen LogP contribution in [0.3, 0.4) is 0 Å². The predicted molar refractivity (Wildman–Crippen MR) is 125 cm³/mol. The lowest BCUT2D eigenvalue weighted by Gasteiger charge is -2.34. The first kappa shape index (κ1) is 23.2. The van der Waals surface area contributed by atoms with Gasteiger partial charge in [0.2, 0.25) is 21.9 Å². The van der Waals surface area contributed by atoms with Crippen LogP contribution in [-0.4, -0.2) is 71.5 Å². The first-order valence-corrected chi connectivity index (χ1v) is 12.7. The number of ether oxygens (including phenoxy) is 1. The van der Waals surface area contributed by atoms with E-state index in [-0.39, 0.29) is 24.0 Å². The van der Waals surface area contributed by atoms with Crippen LogP contribution >= 0.6 is 0 Å². The van der Waals surface area contributed by atoms with Gasteiger partial charge < -0.3 is 14.2 Å². The fraction of sp³-hybridized carbons (Fsp3) is 0.409. The molecule has 0 saturated carbocycles. The zero-order chi connectivity index (χ0) is 24.6. The number of amides is 1. The van der Waals surface area contributed by atoms with Crippen LogP contribution in [0.1, 0.15) is 24.2 Å². The molecule has 1 fully saturated rings. The summed E-state index contributed by atoms with van der Waals surface area (Å²) in [6, 6.07) is 4.90. The van der Waals surface area contributed by atoms with E-state index in [9.17, 15) is 13.2 Å². The zero-order valence-corrected chi connectivity index (χ0v) is 20.2. The van der Waals surface area contributed by atoms with Gasteiger partial charge in [0.15, 0.2) is 12.4 Å². The van der Waals surface area contributed by atoms with Crippen LogP contribution < -0.4 is 14.5 Å². The number of hydrogen-bond donors (Lipinski definition) is 0. The number of fused-ring (bicyclic) bond motifs is 1. The molecule has 1 saturated heterocycles. The number of hydrogen-bond acceptors (Lipinski definition) is 10. The van der Waals surface area contributed by atoms with Crippen molar-refractivity contribution in [2.75, 3.05) is 42.6 Å². The first-order chi connectivity index (χ1) is 16.9. The molecule has 0 unspecified atom stereocenters. The van der Waals surface area contributed by atoms with Crippen molar-refractivity contribution >= 4 is 27.6 Å². The Balaban J connectivity index is 1.38. The number of sulfonamides is 1. The molecule has 12 nitrogen and oxygen atoms in total. The molecule has 0 atom stereocenters. The molecule has 2 aromatic heterocycles. The monoisotopic (exact) mass is 499 g/mol. The molecule has 3 aromatic rings. The number of aryl methyl sites for hydroxylation is 2. The predicted octanol–water partition coefficient (Wildman–Crippen LogP) is 1.17. The molecule has 0 N–H and O–H groups in total. The number of aromatic nitrogens is 4. The molecule has 0 bridgehead atoms. The number of anilines is 2. The van der Waals surface area contributed by atoms with Gasteiger partial charge in [-0.15, -0.1) is 0 Å². The average Bonchev–Trinajstić information content (AvgIpc) is 3.34. The van der Waals surface area contributed by atoms with Gasteiger partial charge in [-0.3, -0.25) is 9.69 Å². The number of rotatable bonds is 6. The van der Waals surface area contributed by atoms with Gasteiger partial charge in [0.05, 0.1) is 17.1 Å². The minimum Gasteiger partial charge on any atom is -0.482 e. The maximum atomic E-state index is 13.5. The van der Waals surface area contributed by atoms with Crippen molar-refractivity contribution < 1.29 is 22.5 Å². The third-order valence-electron chi connectivity index (χ3n) is 6.00. The van der Waals surface area contributed by atoms with E-state index >= 15 is 0 Å². The molecule has 0 spiro atoms. The van der Waals surface area contributed by atoms with Crippen molar-refractivity contribution in [1.82, 2.24) is 24.4 Å². The lowest BCUT2D eigenvalue weighted by atomic mass is 10.1. The Morgan fingerprint density at radius 2 is 1.83 bits per heavy atom. The molecule has 2 aliphatic heterocycles. The Morgan fingerprint density at radius 1 is 1.09 bits per heavy atom. The zero-order valence-electron chi connectivity index (χ0n) is 19.4. The van der Waals surface area contributed by atoms with Crippen LogP contribution in [0, 0.1) is 6.92 Å². The molecule has 5 rings (SSSR count). The van der Waals surface area contributed by atoms with Crippen molar-refractivity contribution in [2.45, 2.75) is 31.7 Å². The summed E-state index contributed by atoms with van der Waals surface area (Å²) in [4.78, 5) is 29.0. The Bertz CT molecular complexity index is 1340. The van der Waals surface area contributed by atoms with Crippen LogP contribution in [-0.2, 0) is 27.8 Å². The minimum atomic E-state index is -3.78. The number of carbonyl (C=O) groups excluding carboxylic acids is 1. The summed E-state index contributed by atoms with van der Waals surface area (Å²) in [5.41, 5.74) is 0.995. The van der Waals surface area contributed by atoms with Gasteiger partial charge in [0.25, 0.3) is 5.91 Å². The summed E-state index contributed by atoms with van der Waals surface area (Å²) in [6.07, 6.45) is 3.92. The smallest absolute Gasteiger partial charge is 0.265 e. The van der Waals surface area contributed by atoms with Crippen LogP contribution in [0.2, 0.25) is 0 Å². The lowest BCUT2D eigenvalue weighted by Crippen LogP contribution is -2.49. The largest absolute Gasteiger partial charge is 0.482 e. The first-order valence-electron chi connectivity index (χ1n) is 11.3. The SMILES string of the molecule is CCc1nc(CN2C(=O)COc3cc(S(=O)(=O)N4CCN(c5ncccn5)CC4)c(C)cc32)no1. The standard InChI is InChI=1S/C22H25N7O5S/c1-3-20-25-19(26-34-20)13-29-16-11-15(2)18(12-17(16)33-14-21(29)30)35(31,32)28-9-7-27(8-10-28)22-23-5-4-6-24-22/h4-6,11-12H,3,7-10,13-14H2,1-2H3. The second-order valence-corrected chi connectivity index (χ2v) is 10.2. The van der Waals surface area contributed by atoms with E-state index < -0.39 is 10.0 Å². The summed E-state index contributed by atoms with van der Waals surface area (Å²) in [5, 5.41) is 3.92. The van der Waals surface area contributed by atoms with Gasteiger partial charge in [-0.05, 0) is 24.6 Å². The third kappa shape index (κ3) is 4.44. The molecular formula is C22H25N7O5S. The number of carbonyl (C=O) groups is 1. The van der Waals surface area contributed by atoms with E-state index in [2.05, 4.69) is 20.1 Å². The van der Waals surface area contributed by atoms with E-state index in [1.165, 1.54) is 15.3 Å². The van der Waals surface area contributed by atoms with Gasteiger partial charge in [-0.25, -0.2) is 18.4 Å². The summed E-state index contributed by atoms with van der Waals surface area (Å²) in [6.45, 7) is 5.08.